The summed E-state index contributed by atoms with van der Waals surface area (Å²) in [5.74, 6) is 1.17. The van der Waals surface area contributed by atoms with E-state index in [-0.39, 0.29) is 5.97 Å². The van der Waals surface area contributed by atoms with Crippen LogP contribution < -0.4 is 9.47 Å². The summed E-state index contributed by atoms with van der Waals surface area (Å²) >= 11 is 0. The fourth-order valence-corrected chi connectivity index (χ4v) is 2.64. The number of esters is 1. The molecule has 0 spiro atoms. The minimum Gasteiger partial charge on any atom is -0.493 e. The summed E-state index contributed by atoms with van der Waals surface area (Å²) in [5, 5.41) is 0. The van der Waals surface area contributed by atoms with E-state index in [1.807, 2.05) is 45.1 Å². The maximum absolute atomic E-state index is 11.4. The van der Waals surface area contributed by atoms with Crippen molar-refractivity contribution in [1.82, 2.24) is 0 Å². The number of rotatable bonds is 8. The number of carbonyl (C=O) groups is 1. The van der Waals surface area contributed by atoms with Crippen LogP contribution in [0.1, 0.15) is 37.5 Å². The van der Waals surface area contributed by atoms with Gasteiger partial charge in [-0.15, -0.1) is 0 Å². The second-order valence-corrected chi connectivity index (χ2v) is 6.21. The molecule has 0 saturated heterocycles. The Bertz CT molecular complexity index is 780. The molecule has 27 heavy (non-hydrogen) atoms. The summed E-state index contributed by atoms with van der Waals surface area (Å²) in [6.07, 6.45) is 11.4. The van der Waals surface area contributed by atoms with Gasteiger partial charge in [0.15, 0.2) is 11.5 Å². The van der Waals surface area contributed by atoms with Crippen LogP contribution in [0.3, 0.4) is 0 Å². The van der Waals surface area contributed by atoms with Crippen molar-refractivity contribution in [3.8, 4) is 11.5 Å². The monoisotopic (exact) mass is 370 g/mol. The molecule has 0 bridgehead atoms. The van der Waals surface area contributed by atoms with Gasteiger partial charge in [-0.1, -0.05) is 36.0 Å². The zero-order chi connectivity index (χ0) is 20.4. The highest BCUT2D eigenvalue weighted by Gasteiger charge is 2.12. The quantitative estimate of drug-likeness (QED) is 0.352. The number of ether oxygens (including phenoxy) is 3. The van der Waals surface area contributed by atoms with Crippen LogP contribution >= 0.6 is 0 Å². The van der Waals surface area contributed by atoms with Crippen LogP contribution in [-0.2, 0) is 9.53 Å². The molecule has 0 aliphatic carbocycles. The largest absolute Gasteiger partial charge is 0.493 e. The third kappa shape index (κ3) is 6.81. The molecule has 0 aliphatic rings. The maximum atomic E-state index is 11.4. The lowest BCUT2D eigenvalue weighted by Crippen LogP contribution is -1.99. The van der Waals surface area contributed by atoms with Crippen LogP contribution in [0.5, 0.6) is 11.5 Å². The molecule has 0 aliphatic heterocycles. The molecule has 146 valence electrons. The molecule has 0 aromatic heterocycles. The van der Waals surface area contributed by atoms with Crippen molar-refractivity contribution in [2.75, 3.05) is 20.8 Å². The zero-order valence-electron chi connectivity index (χ0n) is 17.4. The number of allylic oxidation sites excluding steroid dienone is 6. The Hall–Kier alpha value is -2.75. The minimum atomic E-state index is -0.320. The van der Waals surface area contributed by atoms with Crippen molar-refractivity contribution in [3.63, 3.8) is 0 Å². The number of methoxy groups -OCH3 is 2. The van der Waals surface area contributed by atoms with Crippen LogP contribution in [0.25, 0.3) is 6.08 Å². The SMILES string of the molecule is CCOC(=O)C=C(C)C=CC=C(C)C=Cc1c(C)cc(OC)c(OC)c1C. The molecule has 0 unspecified atom stereocenters. The van der Waals surface area contributed by atoms with Crippen molar-refractivity contribution in [1.29, 1.82) is 0 Å². The first kappa shape index (κ1) is 22.3. The molecule has 1 rings (SSSR count). The highest BCUT2D eigenvalue weighted by Crippen LogP contribution is 2.35. The number of aryl methyl sites for hydroxylation is 1. The summed E-state index contributed by atoms with van der Waals surface area (Å²) in [4.78, 5) is 11.4. The Balaban J connectivity index is 2.95. The smallest absolute Gasteiger partial charge is 0.330 e. The van der Waals surface area contributed by atoms with Crippen molar-refractivity contribution < 1.29 is 19.0 Å². The Morgan fingerprint density at radius 1 is 1.07 bits per heavy atom. The molecule has 4 heteroatoms. The summed E-state index contributed by atoms with van der Waals surface area (Å²) in [7, 11) is 3.29. The summed E-state index contributed by atoms with van der Waals surface area (Å²) < 4.78 is 15.8. The number of benzene rings is 1. The number of carbonyl (C=O) groups excluding carboxylic acids is 1. The summed E-state index contributed by atoms with van der Waals surface area (Å²) in [6.45, 7) is 10.1. The van der Waals surface area contributed by atoms with Gasteiger partial charge in [-0.25, -0.2) is 4.79 Å². The van der Waals surface area contributed by atoms with Crippen molar-refractivity contribution in [2.45, 2.75) is 34.6 Å². The number of hydrogen-bond acceptors (Lipinski definition) is 4. The van der Waals surface area contributed by atoms with Gasteiger partial charge in [0.1, 0.15) is 0 Å². The molecule has 0 radical (unpaired) electrons. The lowest BCUT2D eigenvalue weighted by Gasteiger charge is -2.15. The van der Waals surface area contributed by atoms with Crippen LogP contribution in [-0.4, -0.2) is 26.8 Å². The fraction of sp³-hybridized carbons (Fsp3) is 0.348. The summed E-state index contributed by atoms with van der Waals surface area (Å²) in [6, 6.07) is 1.98. The molecule has 0 atom stereocenters. The van der Waals surface area contributed by atoms with Gasteiger partial charge in [0.05, 0.1) is 20.8 Å². The predicted octanol–water partition coefficient (Wildman–Crippen LogP) is 5.35. The topological polar surface area (TPSA) is 44.8 Å². The molecule has 1 aromatic rings. The first-order valence-corrected chi connectivity index (χ1v) is 8.94. The third-order valence-electron chi connectivity index (χ3n) is 4.03. The van der Waals surface area contributed by atoms with E-state index >= 15 is 0 Å². The van der Waals surface area contributed by atoms with Crippen LogP contribution in [0.4, 0.5) is 0 Å². The minimum absolute atomic E-state index is 0.320. The zero-order valence-corrected chi connectivity index (χ0v) is 17.4. The lowest BCUT2D eigenvalue weighted by atomic mass is 10.00. The average Bonchev–Trinajstić information content (AvgIpc) is 2.61. The van der Waals surface area contributed by atoms with E-state index in [0.717, 1.165) is 39.3 Å². The first-order valence-electron chi connectivity index (χ1n) is 8.94. The van der Waals surface area contributed by atoms with E-state index in [1.54, 1.807) is 21.1 Å². The van der Waals surface area contributed by atoms with Crippen LogP contribution in [0, 0.1) is 13.8 Å². The summed E-state index contributed by atoms with van der Waals surface area (Å²) in [5.41, 5.74) is 5.21. The molecule has 0 amide bonds. The Kier molecular flexibility index (Phi) is 9.14. The van der Waals surface area contributed by atoms with E-state index in [2.05, 4.69) is 19.1 Å². The second-order valence-electron chi connectivity index (χ2n) is 6.21. The Morgan fingerprint density at radius 2 is 1.78 bits per heavy atom. The molecule has 0 saturated carbocycles. The Labute approximate surface area is 162 Å². The van der Waals surface area contributed by atoms with E-state index in [1.165, 1.54) is 6.08 Å². The van der Waals surface area contributed by atoms with Crippen LogP contribution in [0.2, 0.25) is 0 Å². The standard InChI is InChI=1S/C23H30O4/c1-8-27-22(24)14-17(3)11-9-10-16(2)12-13-20-18(4)15-21(25-6)23(26-7)19(20)5/h9-15H,8H2,1-7H3. The second kappa shape index (κ2) is 11.1. The van der Waals surface area contributed by atoms with Gasteiger partial charge in [0.2, 0.25) is 0 Å². The third-order valence-corrected chi connectivity index (χ3v) is 4.03. The van der Waals surface area contributed by atoms with Gasteiger partial charge in [0, 0.05) is 11.6 Å². The van der Waals surface area contributed by atoms with Gasteiger partial charge in [-0.05, 0) is 57.4 Å². The van der Waals surface area contributed by atoms with E-state index in [0.29, 0.717) is 6.61 Å². The molecule has 0 N–H and O–H groups in total. The average molecular weight is 370 g/mol. The first-order chi connectivity index (χ1) is 12.8. The van der Waals surface area contributed by atoms with Crippen molar-refractivity contribution in [2.24, 2.45) is 0 Å². The predicted molar refractivity (Wildman–Crippen MR) is 111 cm³/mol. The highest BCUT2D eigenvalue weighted by atomic mass is 16.5. The molecule has 0 heterocycles. The highest BCUT2D eigenvalue weighted by molar-refractivity contribution is 5.83. The van der Waals surface area contributed by atoms with E-state index in [9.17, 15) is 4.79 Å². The molecule has 1 aromatic carbocycles. The normalized spacial score (nSPS) is 12.7. The molecule has 0 fully saturated rings. The van der Waals surface area contributed by atoms with Gasteiger partial charge < -0.3 is 14.2 Å². The van der Waals surface area contributed by atoms with Gasteiger partial charge in [-0.3, -0.25) is 0 Å². The van der Waals surface area contributed by atoms with Crippen LogP contribution in [0.15, 0.2) is 47.6 Å². The van der Waals surface area contributed by atoms with Crippen molar-refractivity contribution in [3.05, 3.63) is 64.3 Å². The fourth-order valence-electron chi connectivity index (χ4n) is 2.64. The van der Waals surface area contributed by atoms with Crippen molar-refractivity contribution >= 4 is 12.0 Å². The Morgan fingerprint density at radius 3 is 2.37 bits per heavy atom. The van der Waals surface area contributed by atoms with E-state index < -0.39 is 0 Å². The van der Waals surface area contributed by atoms with Gasteiger partial charge in [0.25, 0.3) is 0 Å². The molecule has 4 nitrogen and oxygen atoms in total. The van der Waals surface area contributed by atoms with Gasteiger partial charge in [-0.2, -0.15) is 0 Å². The lowest BCUT2D eigenvalue weighted by molar-refractivity contribution is -0.137. The van der Waals surface area contributed by atoms with Gasteiger partial charge >= 0.3 is 5.97 Å². The maximum Gasteiger partial charge on any atom is 0.330 e. The molecular formula is C23H30O4. The van der Waals surface area contributed by atoms with E-state index in [4.69, 9.17) is 14.2 Å². The molecular weight excluding hydrogens is 340 g/mol. The number of hydrogen-bond donors (Lipinski definition) is 0.